The number of aliphatic hydroxyl groups excluding tert-OH is 1. The third kappa shape index (κ3) is 9.75. The van der Waals surface area contributed by atoms with Crippen LogP contribution in [0.2, 0.25) is 0 Å². The molecule has 7 N–H and O–H groups in total. The van der Waals surface area contributed by atoms with E-state index in [2.05, 4.69) is 21.3 Å². The van der Waals surface area contributed by atoms with Crippen molar-refractivity contribution in [2.24, 2.45) is 11.7 Å². The molecule has 3 unspecified atom stereocenters. The number of nitrogens with zero attached hydrogens (tertiary/aromatic N) is 1. The van der Waals surface area contributed by atoms with Gasteiger partial charge in [0.05, 0.1) is 19.2 Å². The van der Waals surface area contributed by atoms with E-state index in [0.29, 0.717) is 32.2 Å². The average molecular weight is 597 g/mol. The highest BCUT2D eigenvalue weighted by atomic mass is 16.3. The molecule has 43 heavy (non-hydrogen) atoms. The summed E-state index contributed by atoms with van der Waals surface area (Å²) in [6, 6.07) is 12.0. The number of benzene rings is 2. The molecule has 234 valence electrons. The van der Waals surface area contributed by atoms with Gasteiger partial charge in [-0.2, -0.15) is 0 Å². The summed E-state index contributed by atoms with van der Waals surface area (Å²) in [5, 5.41) is 22.7. The molecule has 1 aliphatic rings. The van der Waals surface area contributed by atoms with Crippen molar-refractivity contribution in [3.05, 3.63) is 48.0 Å². The number of rotatable bonds is 15. The number of hydrogen-bond acceptors (Lipinski definition) is 7. The molecule has 0 radical (unpaired) electrons. The number of carbonyl (C=O) groups is 5. The fourth-order valence-corrected chi connectivity index (χ4v) is 5.21. The van der Waals surface area contributed by atoms with Gasteiger partial charge in [0.15, 0.2) is 0 Å². The molecule has 2 aromatic carbocycles. The van der Waals surface area contributed by atoms with Crippen molar-refractivity contribution in [3.63, 3.8) is 0 Å². The molecule has 0 aliphatic carbocycles. The van der Waals surface area contributed by atoms with E-state index >= 15 is 0 Å². The van der Waals surface area contributed by atoms with Gasteiger partial charge < -0.3 is 37.0 Å². The summed E-state index contributed by atoms with van der Waals surface area (Å²) in [4.78, 5) is 64.7. The van der Waals surface area contributed by atoms with E-state index in [9.17, 15) is 29.1 Å². The monoisotopic (exact) mass is 596 g/mol. The van der Waals surface area contributed by atoms with Gasteiger partial charge >= 0.3 is 0 Å². The topological polar surface area (TPSA) is 183 Å². The van der Waals surface area contributed by atoms with Crippen molar-refractivity contribution in [1.82, 2.24) is 26.2 Å². The minimum atomic E-state index is -1.11. The Morgan fingerprint density at radius 1 is 0.953 bits per heavy atom. The van der Waals surface area contributed by atoms with Crippen LogP contribution in [0, 0.1) is 5.92 Å². The van der Waals surface area contributed by atoms with E-state index < -0.39 is 35.9 Å². The van der Waals surface area contributed by atoms with E-state index in [0.717, 1.165) is 16.3 Å². The molecule has 1 heterocycles. The standard InChI is InChI=1S/C31H44N6O6/c1-3-21(4-2)31(43)37-13-7-10-26(37)30(42)36-25(15-20-11-12-22-8-5-6-9-23(22)14-20)29(41)35-18-24(38)17-33-28(40)19-34-27(39)16-32/h5-6,8-9,11-12,14,21,24-26,38H,3-4,7,10,13,15-19,32H2,1-2H3,(H,33,40)(H,34,39)(H,35,41)(H,36,42). The maximum atomic E-state index is 13.5. The number of aliphatic hydroxyl groups is 1. The molecule has 3 atom stereocenters. The Balaban J connectivity index is 1.67. The van der Waals surface area contributed by atoms with E-state index in [4.69, 9.17) is 5.73 Å². The Hall–Kier alpha value is -4.03. The van der Waals surface area contributed by atoms with Gasteiger partial charge in [-0.3, -0.25) is 24.0 Å². The summed E-state index contributed by atoms with van der Waals surface area (Å²) < 4.78 is 0. The zero-order valence-electron chi connectivity index (χ0n) is 24.9. The summed E-state index contributed by atoms with van der Waals surface area (Å²) in [5.74, 6) is -2.07. The molecular weight excluding hydrogens is 552 g/mol. The van der Waals surface area contributed by atoms with Gasteiger partial charge in [-0.25, -0.2) is 0 Å². The van der Waals surface area contributed by atoms with Gasteiger partial charge in [0.2, 0.25) is 29.5 Å². The van der Waals surface area contributed by atoms with E-state index in [-0.39, 0.29) is 50.3 Å². The lowest BCUT2D eigenvalue weighted by Crippen LogP contribution is -2.55. The van der Waals surface area contributed by atoms with Crippen LogP contribution in [0.4, 0.5) is 0 Å². The lowest BCUT2D eigenvalue weighted by Gasteiger charge is -2.29. The van der Waals surface area contributed by atoms with Gasteiger partial charge in [0.25, 0.3) is 0 Å². The molecule has 5 amide bonds. The molecule has 0 spiro atoms. The van der Waals surface area contributed by atoms with Crippen LogP contribution in [0.3, 0.4) is 0 Å². The van der Waals surface area contributed by atoms with Gasteiger partial charge in [-0.1, -0.05) is 56.3 Å². The maximum Gasteiger partial charge on any atom is 0.243 e. The summed E-state index contributed by atoms with van der Waals surface area (Å²) in [7, 11) is 0. The predicted octanol–water partition coefficient (Wildman–Crippen LogP) is -0.0375. The second-order valence-corrected chi connectivity index (χ2v) is 10.8. The predicted molar refractivity (Wildman–Crippen MR) is 162 cm³/mol. The maximum absolute atomic E-state index is 13.5. The van der Waals surface area contributed by atoms with E-state index in [1.807, 2.05) is 56.3 Å². The van der Waals surface area contributed by atoms with Gasteiger partial charge in [-0.15, -0.1) is 0 Å². The Morgan fingerprint density at radius 2 is 1.65 bits per heavy atom. The first-order valence-electron chi connectivity index (χ1n) is 14.9. The minimum absolute atomic E-state index is 0.0362. The highest BCUT2D eigenvalue weighted by molar-refractivity contribution is 5.93. The first kappa shape index (κ1) is 33.5. The summed E-state index contributed by atoms with van der Waals surface area (Å²) in [6.45, 7) is 3.55. The molecule has 3 rings (SSSR count). The SMILES string of the molecule is CCC(CC)C(=O)N1CCCC1C(=O)NC(Cc1ccc2ccccc2c1)C(=O)NCC(O)CNC(=O)CNC(=O)CN. The first-order chi connectivity index (χ1) is 20.7. The number of likely N-dealkylation sites (tertiary alicyclic amines) is 1. The number of fused-ring (bicyclic) bond motifs is 1. The zero-order valence-corrected chi connectivity index (χ0v) is 24.9. The third-order valence-corrected chi connectivity index (χ3v) is 7.74. The highest BCUT2D eigenvalue weighted by Crippen LogP contribution is 2.23. The summed E-state index contributed by atoms with van der Waals surface area (Å²) in [6.07, 6.45) is 1.70. The van der Waals surface area contributed by atoms with Crippen LogP contribution in [0.5, 0.6) is 0 Å². The minimum Gasteiger partial charge on any atom is -0.389 e. The van der Waals surface area contributed by atoms with Crippen LogP contribution in [0.25, 0.3) is 10.8 Å². The molecule has 1 saturated heterocycles. The second kappa shape index (κ2) is 16.6. The molecule has 0 saturated carbocycles. The number of nitrogens with one attached hydrogen (secondary N) is 4. The van der Waals surface area contributed by atoms with Gasteiger partial charge in [0, 0.05) is 32.0 Å². The lowest BCUT2D eigenvalue weighted by atomic mass is 10.00. The third-order valence-electron chi connectivity index (χ3n) is 7.74. The molecule has 1 aliphatic heterocycles. The largest absolute Gasteiger partial charge is 0.389 e. The van der Waals surface area contributed by atoms with Crippen molar-refractivity contribution < 1.29 is 29.1 Å². The molecule has 1 fully saturated rings. The van der Waals surface area contributed by atoms with Crippen LogP contribution in [0.15, 0.2) is 42.5 Å². The molecule has 0 aromatic heterocycles. The van der Waals surface area contributed by atoms with E-state index in [1.54, 1.807) is 4.90 Å². The van der Waals surface area contributed by atoms with Crippen LogP contribution in [-0.4, -0.2) is 90.5 Å². The van der Waals surface area contributed by atoms with Gasteiger partial charge in [-0.05, 0) is 42.0 Å². The highest BCUT2D eigenvalue weighted by Gasteiger charge is 2.37. The molecule has 12 nitrogen and oxygen atoms in total. The second-order valence-electron chi connectivity index (χ2n) is 10.8. The fraction of sp³-hybridized carbons (Fsp3) is 0.516. The number of hydrogen-bond donors (Lipinski definition) is 6. The molecule has 0 bridgehead atoms. The first-order valence-corrected chi connectivity index (χ1v) is 14.9. The molecular formula is C31H44N6O6. The fourth-order valence-electron chi connectivity index (χ4n) is 5.21. The molecule has 2 aromatic rings. The molecule has 12 heteroatoms. The average Bonchev–Trinajstić information content (AvgIpc) is 3.52. The van der Waals surface area contributed by atoms with Crippen LogP contribution < -0.4 is 27.0 Å². The van der Waals surface area contributed by atoms with Crippen molar-refractivity contribution in [2.45, 2.75) is 64.1 Å². The summed E-state index contributed by atoms with van der Waals surface area (Å²) in [5.41, 5.74) is 6.02. The smallest absolute Gasteiger partial charge is 0.243 e. The lowest BCUT2D eigenvalue weighted by molar-refractivity contribution is -0.142. The normalized spacial score (nSPS) is 16.0. The quantitative estimate of drug-likeness (QED) is 0.167. The van der Waals surface area contributed by atoms with Crippen LogP contribution in [0.1, 0.15) is 45.1 Å². The number of nitrogens with two attached hydrogens (primary N) is 1. The Morgan fingerprint density at radius 3 is 2.35 bits per heavy atom. The van der Waals surface area contributed by atoms with Gasteiger partial charge in [0.1, 0.15) is 12.1 Å². The Bertz CT molecular complexity index is 1280. The number of amides is 5. The van der Waals surface area contributed by atoms with E-state index in [1.165, 1.54) is 0 Å². The Kier molecular flexibility index (Phi) is 12.9. The summed E-state index contributed by atoms with van der Waals surface area (Å²) >= 11 is 0. The van der Waals surface area contributed by atoms with Crippen LogP contribution >= 0.6 is 0 Å². The Labute approximate surface area is 252 Å². The van der Waals surface area contributed by atoms with Crippen molar-refractivity contribution in [2.75, 3.05) is 32.7 Å². The zero-order chi connectivity index (χ0) is 31.4. The van der Waals surface area contributed by atoms with Crippen molar-refractivity contribution in [1.29, 1.82) is 0 Å². The van der Waals surface area contributed by atoms with Crippen molar-refractivity contribution in [3.8, 4) is 0 Å². The van der Waals surface area contributed by atoms with Crippen molar-refractivity contribution >= 4 is 40.3 Å². The number of carbonyl (C=O) groups excluding carboxylic acids is 5. The van der Waals surface area contributed by atoms with Crippen LogP contribution in [-0.2, 0) is 30.4 Å².